The van der Waals surface area contributed by atoms with Gasteiger partial charge in [-0.25, -0.2) is 0 Å². The number of anilines is 2. The number of hydrogen-bond acceptors (Lipinski definition) is 2. The highest BCUT2D eigenvalue weighted by Crippen LogP contribution is 2.39. The minimum atomic E-state index is -1.63. The Labute approximate surface area is 238 Å². The molecule has 0 bridgehead atoms. The summed E-state index contributed by atoms with van der Waals surface area (Å²) in [5.41, 5.74) is 8.95. The monoisotopic (exact) mass is 550 g/mol. The SMILES string of the molecule is CC(C)c1cccc(C(C)C)c1N(CC=CCN(c1c(C(C)C)cccc1C(C)C)[Si](C)(C)C)[Si](C)(C)C. The van der Waals surface area contributed by atoms with Crippen LogP contribution >= 0.6 is 0 Å². The van der Waals surface area contributed by atoms with Gasteiger partial charge in [0.2, 0.25) is 0 Å². The molecule has 0 heterocycles. The first kappa shape index (κ1) is 32.4. The zero-order chi connectivity index (χ0) is 29.0. The summed E-state index contributed by atoms with van der Waals surface area (Å²) in [7, 11) is -3.26. The van der Waals surface area contributed by atoms with Gasteiger partial charge < -0.3 is 9.13 Å². The fourth-order valence-electron chi connectivity index (χ4n) is 5.41. The molecule has 0 N–H and O–H groups in total. The second-order valence-electron chi connectivity index (χ2n) is 14.2. The van der Waals surface area contributed by atoms with Crippen molar-refractivity contribution in [3.05, 3.63) is 70.8 Å². The zero-order valence-electron chi connectivity index (χ0n) is 27.2. The van der Waals surface area contributed by atoms with E-state index in [4.69, 9.17) is 0 Å². The van der Waals surface area contributed by atoms with Gasteiger partial charge in [-0.1, -0.05) is 143 Å². The van der Waals surface area contributed by atoms with Crippen LogP contribution in [0.2, 0.25) is 39.3 Å². The van der Waals surface area contributed by atoms with Crippen LogP contribution in [-0.4, -0.2) is 29.6 Å². The Balaban J connectivity index is 2.51. The van der Waals surface area contributed by atoms with Crippen molar-refractivity contribution < 1.29 is 0 Å². The molecule has 38 heavy (non-hydrogen) atoms. The first-order chi connectivity index (χ1) is 17.5. The average Bonchev–Trinajstić information content (AvgIpc) is 2.78. The molecule has 0 saturated carbocycles. The first-order valence-electron chi connectivity index (χ1n) is 14.9. The second kappa shape index (κ2) is 13.0. The summed E-state index contributed by atoms with van der Waals surface area (Å²) >= 11 is 0. The van der Waals surface area contributed by atoms with Crippen molar-refractivity contribution >= 4 is 27.8 Å². The van der Waals surface area contributed by atoms with Crippen LogP contribution < -0.4 is 9.13 Å². The molecule has 0 aromatic heterocycles. The van der Waals surface area contributed by atoms with E-state index in [1.54, 1.807) is 0 Å². The van der Waals surface area contributed by atoms with E-state index in [0.717, 1.165) is 13.1 Å². The standard InChI is InChI=1S/C34H58N2Si2/c1-25(2)29-19-17-20-30(26(3)4)33(29)35(37(9,10)11)23-15-16-24-36(38(12,13)14)34-31(27(5)6)21-18-22-32(34)28(7)8/h15-22,25-28H,23-24H2,1-14H3. The van der Waals surface area contributed by atoms with Gasteiger partial charge in [0.15, 0.2) is 0 Å². The maximum atomic E-state index is 2.77. The summed E-state index contributed by atoms with van der Waals surface area (Å²) in [5, 5.41) is 0. The van der Waals surface area contributed by atoms with Gasteiger partial charge >= 0.3 is 0 Å². The number of nitrogens with zero attached hydrogens (tertiary/aromatic N) is 2. The molecule has 0 aliphatic carbocycles. The van der Waals surface area contributed by atoms with E-state index in [0.29, 0.717) is 23.7 Å². The number of hydrogen-bond donors (Lipinski definition) is 0. The zero-order valence-corrected chi connectivity index (χ0v) is 29.2. The predicted octanol–water partition coefficient (Wildman–Crippen LogP) is 10.7. The van der Waals surface area contributed by atoms with E-state index in [-0.39, 0.29) is 0 Å². The van der Waals surface area contributed by atoms with Gasteiger partial charge in [-0.3, -0.25) is 0 Å². The molecule has 0 unspecified atom stereocenters. The molecule has 2 aromatic rings. The molecular formula is C34H58N2Si2. The van der Waals surface area contributed by atoms with Crippen molar-refractivity contribution in [1.29, 1.82) is 0 Å². The summed E-state index contributed by atoms with van der Waals surface area (Å²) in [6.45, 7) is 35.6. The van der Waals surface area contributed by atoms with Crippen molar-refractivity contribution in [2.45, 2.75) is 118 Å². The summed E-state index contributed by atoms with van der Waals surface area (Å²) < 4.78 is 5.54. The summed E-state index contributed by atoms with van der Waals surface area (Å²) in [6, 6.07) is 13.9. The molecule has 2 rings (SSSR count). The maximum absolute atomic E-state index is 2.77. The highest BCUT2D eigenvalue weighted by Gasteiger charge is 2.30. The Morgan fingerprint density at radius 1 is 0.500 bits per heavy atom. The number of benzene rings is 2. The molecule has 4 heteroatoms. The lowest BCUT2D eigenvalue weighted by atomic mass is 9.92. The van der Waals surface area contributed by atoms with Crippen molar-refractivity contribution in [3.8, 4) is 0 Å². The van der Waals surface area contributed by atoms with Crippen LogP contribution in [0.5, 0.6) is 0 Å². The molecule has 212 valence electrons. The molecule has 0 saturated heterocycles. The van der Waals surface area contributed by atoms with Crippen LogP contribution in [0, 0.1) is 0 Å². The molecule has 0 amide bonds. The van der Waals surface area contributed by atoms with Gasteiger partial charge in [0.25, 0.3) is 0 Å². The molecule has 2 aromatic carbocycles. The van der Waals surface area contributed by atoms with Crippen molar-refractivity contribution in [1.82, 2.24) is 0 Å². The van der Waals surface area contributed by atoms with E-state index < -0.39 is 16.5 Å². The topological polar surface area (TPSA) is 6.48 Å². The van der Waals surface area contributed by atoms with Crippen LogP contribution in [0.1, 0.15) is 101 Å². The Bertz CT molecular complexity index is 931. The molecule has 2 nitrogen and oxygen atoms in total. The summed E-state index contributed by atoms with van der Waals surface area (Å²) in [5.74, 6) is 2.04. The first-order valence-corrected chi connectivity index (χ1v) is 21.8. The van der Waals surface area contributed by atoms with Crippen LogP contribution in [0.15, 0.2) is 48.6 Å². The quantitative estimate of drug-likeness (QED) is 0.191. The highest BCUT2D eigenvalue weighted by molar-refractivity contribution is 6.80. The molecule has 0 spiro atoms. The van der Waals surface area contributed by atoms with E-state index in [1.807, 2.05) is 0 Å². The second-order valence-corrected chi connectivity index (χ2v) is 24.0. The lowest BCUT2D eigenvalue weighted by molar-refractivity contribution is 0.824. The summed E-state index contributed by atoms with van der Waals surface area (Å²) in [4.78, 5) is 0. The Morgan fingerprint density at radius 3 is 0.921 bits per heavy atom. The Kier molecular flexibility index (Phi) is 11.1. The Hall–Kier alpha value is -1.79. The lowest BCUT2D eigenvalue weighted by Gasteiger charge is -2.41. The third kappa shape index (κ3) is 7.88. The van der Waals surface area contributed by atoms with E-state index in [2.05, 4.69) is 152 Å². The fraction of sp³-hybridized carbons (Fsp3) is 0.588. The summed E-state index contributed by atoms with van der Waals surface area (Å²) in [6.07, 6.45) is 4.92. The van der Waals surface area contributed by atoms with Crippen LogP contribution in [0.4, 0.5) is 11.4 Å². The van der Waals surface area contributed by atoms with Gasteiger partial charge in [-0.05, 0) is 45.9 Å². The fourth-order valence-corrected chi connectivity index (χ4v) is 8.57. The normalized spacial score (nSPS) is 13.0. The molecule has 0 aliphatic heterocycles. The van der Waals surface area contributed by atoms with Gasteiger partial charge in [0, 0.05) is 24.5 Å². The number of para-hydroxylation sites is 2. The third-order valence-electron chi connectivity index (χ3n) is 7.59. The number of rotatable bonds is 12. The van der Waals surface area contributed by atoms with Crippen LogP contribution in [0.3, 0.4) is 0 Å². The molecule has 0 aliphatic rings. The van der Waals surface area contributed by atoms with Gasteiger partial charge in [-0.2, -0.15) is 0 Å². The molecule has 0 atom stereocenters. The minimum absolute atomic E-state index is 0.510. The van der Waals surface area contributed by atoms with Gasteiger partial charge in [-0.15, -0.1) is 0 Å². The average molecular weight is 551 g/mol. The van der Waals surface area contributed by atoms with Crippen molar-refractivity contribution in [2.75, 3.05) is 22.2 Å². The molecule has 0 fully saturated rings. The largest absolute Gasteiger partial charge is 0.394 e. The predicted molar refractivity (Wildman–Crippen MR) is 180 cm³/mol. The van der Waals surface area contributed by atoms with Crippen molar-refractivity contribution in [3.63, 3.8) is 0 Å². The maximum Gasteiger partial charge on any atom is 0.147 e. The van der Waals surface area contributed by atoms with E-state index in [9.17, 15) is 0 Å². The van der Waals surface area contributed by atoms with Crippen LogP contribution in [-0.2, 0) is 0 Å². The Morgan fingerprint density at radius 2 is 0.737 bits per heavy atom. The molecule has 0 radical (unpaired) electrons. The van der Waals surface area contributed by atoms with E-state index in [1.165, 1.54) is 33.6 Å². The van der Waals surface area contributed by atoms with Crippen molar-refractivity contribution in [2.24, 2.45) is 0 Å². The molecular weight excluding hydrogens is 493 g/mol. The van der Waals surface area contributed by atoms with E-state index >= 15 is 0 Å². The lowest BCUT2D eigenvalue weighted by Crippen LogP contribution is -2.48. The third-order valence-corrected chi connectivity index (χ3v) is 11.6. The van der Waals surface area contributed by atoms with Crippen LogP contribution in [0.25, 0.3) is 0 Å². The highest BCUT2D eigenvalue weighted by atomic mass is 28.3. The van der Waals surface area contributed by atoms with Gasteiger partial charge in [0.05, 0.1) is 0 Å². The smallest absolute Gasteiger partial charge is 0.147 e. The minimum Gasteiger partial charge on any atom is -0.394 e. The van der Waals surface area contributed by atoms with Gasteiger partial charge in [0.1, 0.15) is 16.5 Å².